The van der Waals surface area contributed by atoms with Gasteiger partial charge in [0.15, 0.2) is 0 Å². The molecule has 0 spiro atoms. The maximum atomic E-state index is 5.06. The van der Waals surface area contributed by atoms with E-state index in [0.717, 1.165) is 0 Å². The molecule has 0 aromatic rings. The SMILES string of the molecule is [Cl][Ti-2]([Cl])([Cl])([Cl])([Cl])[Cl].[NH4+].[NH4+]. The molecule has 0 saturated carbocycles. The van der Waals surface area contributed by atoms with E-state index < -0.39 is 7.66 Å². The molecule has 0 unspecified atom stereocenters. The molecule has 0 saturated heterocycles. The van der Waals surface area contributed by atoms with Crippen LogP contribution in [0.15, 0.2) is 0 Å². The summed E-state index contributed by atoms with van der Waals surface area (Å²) >= 11 is 0. The molecule has 0 bridgehead atoms. The van der Waals surface area contributed by atoms with Crippen molar-refractivity contribution in [3.05, 3.63) is 0 Å². The van der Waals surface area contributed by atoms with Crippen molar-refractivity contribution in [1.82, 2.24) is 12.3 Å². The fourth-order valence-electron chi connectivity index (χ4n) is 0. The van der Waals surface area contributed by atoms with Crippen LogP contribution in [0.1, 0.15) is 0 Å². The van der Waals surface area contributed by atoms with Crippen molar-refractivity contribution in [2.24, 2.45) is 0 Å². The molecular formula is H8Cl6N2Ti. The summed E-state index contributed by atoms with van der Waals surface area (Å²) in [6.45, 7) is 0. The first-order chi connectivity index (χ1) is 2.45. The van der Waals surface area contributed by atoms with Gasteiger partial charge in [0.05, 0.1) is 0 Å². The van der Waals surface area contributed by atoms with Crippen LogP contribution in [0, 0.1) is 0 Å². The van der Waals surface area contributed by atoms with Gasteiger partial charge in [-0.1, -0.05) is 0 Å². The molecular weight excluding hydrogens is 289 g/mol. The standard InChI is InChI=1S/6ClH.2H3N.Ti/h6*1H;2*1H3;/q;;;;;;;;+4/p-4. The zero-order chi connectivity index (χ0) is 6.41. The minimum atomic E-state index is -5.33. The van der Waals surface area contributed by atoms with Gasteiger partial charge in [0.25, 0.3) is 0 Å². The molecule has 0 amide bonds. The summed E-state index contributed by atoms with van der Waals surface area (Å²) in [6, 6.07) is 0. The van der Waals surface area contributed by atoms with Gasteiger partial charge in [-0.2, -0.15) is 0 Å². The molecule has 0 atom stereocenters. The number of quaternary nitrogens is 2. The van der Waals surface area contributed by atoms with E-state index in [4.69, 9.17) is 55.8 Å². The molecule has 0 heterocycles. The Morgan fingerprint density at radius 1 is 0.556 bits per heavy atom. The minimum Gasteiger partial charge on any atom is -0.369 e. The van der Waals surface area contributed by atoms with Gasteiger partial charge in [-0.15, -0.1) is 0 Å². The van der Waals surface area contributed by atoms with Gasteiger partial charge < -0.3 is 12.3 Å². The Bertz CT molecular complexity index is 69.6. The molecule has 0 aliphatic heterocycles. The summed E-state index contributed by atoms with van der Waals surface area (Å²) in [4.78, 5) is 0. The van der Waals surface area contributed by atoms with Crippen LogP contribution >= 0.6 is 55.8 Å². The monoisotopic (exact) mass is 294 g/mol. The summed E-state index contributed by atoms with van der Waals surface area (Å²) in [5.74, 6) is 0. The van der Waals surface area contributed by atoms with Gasteiger partial charge in [-0.3, -0.25) is 0 Å². The van der Waals surface area contributed by atoms with Crippen LogP contribution in [-0.4, -0.2) is 0 Å². The van der Waals surface area contributed by atoms with Crippen molar-refractivity contribution in [2.75, 3.05) is 0 Å². The van der Waals surface area contributed by atoms with Crippen molar-refractivity contribution in [1.29, 1.82) is 0 Å². The Hall–Kier alpha value is 2.37. The Kier molecular flexibility index (Phi) is 5.86. The van der Waals surface area contributed by atoms with E-state index in [0.29, 0.717) is 0 Å². The van der Waals surface area contributed by atoms with Gasteiger partial charge in [-0.05, 0) is 0 Å². The van der Waals surface area contributed by atoms with Crippen molar-refractivity contribution in [2.45, 2.75) is 0 Å². The molecule has 9 heavy (non-hydrogen) atoms. The molecule has 0 aliphatic carbocycles. The average molecular weight is 297 g/mol. The Balaban J connectivity index is -0.000000180. The van der Waals surface area contributed by atoms with Crippen LogP contribution in [0.2, 0.25) is 0 Å². The largest absolute Gasteiger partial charge is 0.369 e. The van der Waals surface area contributed by atoms with E-state index in [2.05, 4.69) is 0 Å². The normalized spacial score (nSPS) is 18.0. The third-order valence-corrected chi connectivity index (χ3v) is 0. The number of hydrogen-bond donors (Lipinski definition) is 2. The smallest absolute Gasteiger partial charge is 0.369 e. The van der Waals surface area contributed by atoms with Gasteiger partial charge >= 0.3 is 63.5 Å². The van der Waals surface area contributed by atoms with E-state index >= 15 is 0 Å². The van der Waals surface area contributed by atoms with Crippen molar-refractivity contribution < 1.29 is 7.66 Å². The van der Waals surface area contributed by atoms with Crippen molar-refractivity contribution in [3.63, 3.8) is 0 Å². The topological polar surface area (TPSA) is 73.0 Å². The van der Waals surface area contributed by atoms with Crippen LogP contribution in [0.5, 0.6) is 0 Å². The summed E-state index contributed by atoms with van der Waals surface area (Å²) < 4.78 is 0. The van der Waals surface area contributed by atoms with Gasteiger partial charge in [0.2, 0.25) is 0 Å². The Morgan fingerprint density at radius 3 is 0.556 bits per heavy atom. The van der Waals surface area contributed by atoms with Gasteiger partial charge in [0, 0.05) is 0 Å². The van der Waals surface area contributed by atoms with Gasteiger partial charge in [-0.25, -0.2) is 0 Å². The van der Waals surface area contributed by atoms with Crippen LogP contribution in [0.25, 0.3) is 0 Å². The summed E-state index contributed by atoms with van der Waals surface area (Å²) in [5.41, 5.74) is 0. The summed E-state index contributed by atoms with van der Waals surface area (Å²) in [5, 5.41) is 0. The van der Waals surface area contributed by atoms with Crippen LogP contribution < -0.4 is 12.3 Å². The molecule has 0 aliphatic rings. The van der Waals surface area contributed by atoms with E-state index in [1.165, 1.54) is 0 Å². The number of rotatable bonds is 0. The fraction of sp³-hybridized carbons (Fsp3) is 0. The summed E-state index contributed by atoms with van der Waals surface area (Å²) in [6.07, 6.45) is 0. The fourth-order valence-corrected chi connectivity index (χ4v) is 0. The first-order valence-corrected chi connectivity index (χ1v) is 14.0. The quantitative estimate of drug-likeness (QED) is 0.598. The van der Waals surface area contributed by atoms with E-state index in [9.17, 15) is 0 Å². The maximum absolute atomic E-state index is 5.33. The minimum absolute atomic E-state index is 0. The third-order valence-electron chi connectivity index (χ3n) is 0. The number of halogens is 6. The predicted octanol–water partition coefficient (Wildman–Crippen LogP) is 4.89. The van der Waals surface area contributed by atoms with E-state index in [1.807, 2.05) is 0 Å². The molecule has 9 heteroatoms. The van der Waals surface area contributed by atoms with Crippen LogP contribution in [0.4, 0.5) is 0 Å². The second-order valence-electron chi connectivity index (χ2n) is 1.07. The average Bonchev–Trinajstić information content (AvgIpc) is 0.592. The second-order valence-corrected chi connectivity index (χ2v) is 39.8. The molecule has 0 fully saturated rings. The first-order valence-electron chi connectivity index (χ1n) is 1.13. The second kappa shape index (κ2) is 3.02. The molecule has 8 N–H and O–H groups in total. The van der Waals surface area contributed by atoms with Crippen LogP contribution in [0.3, 0.4) is 0 Å². The Labute approximate surface area is 74.9 Å². The zero-order valence-corrected chi connectivity index (χ0v) is 10.9. The van der Waals surface area contributed by atoms with Crippen molar-refractivity contribution in [3.8, 4) is 0 Å². The molecule has 0 rings (SSSR count). The number of hydrogen-bond acceptors (Lipinski definition) is 0. The zero-order valence-electron chi connectivity index (χ0n) is 4.77. The molecule has 0 radical (unpaired) electrons. The molecule has 64 valence electrons. The maximum Gasteiger partial charge on any atom is -0.369 e. The Morgan fingerprint density at radius 2 is 0.556 bits per heavy atom. The first kappa shape index (κ1) is 17.5. The van der Waals surface area contributed by atoms with E-state index in [-0.39, 0.29) is 12.3 Å². The van der Waals surface area contributed by atoms with Crippen molar-refractivity contribution >= 4 is 55.8 Å². The predicted molar refractivity (Wildman–Crippen MR) is 47.1 cm³/mol. The van der Waals surface area contributed by atoms with Crippen LogP contribution in [-0.2, 0) is 7.66 Å². The molecule has 2 nitrogen and oxygen atoms in total. The molecule has 0 aromatic heterocycles. The third kappa shape index (κ3) is 129. The molecule has 0 aromatic carbocycles. The van der Waals surface area contributed by atoms with Gasteiger partial charge in [0.1, 0.15) is 0 Å². The van der Waals surface area contributed by atoms with E-state index in [1.54, 1.807) is 0 Å². The summed E-state index contributed by atoms with van der Waals surface area (Å²) in [7, 11) is 25.0.